The first-order chi connectivity index (χ1) is 7.20. The molecule has 1 aliphatic rings. The molecular weight excluding hydrogens is 214 g/mol. The average molecular weight is 226 g/mol. The fourth-order valence-corrected chi connectivity index (χ4v) is 1.53. The maximum atomic E-state index is 11.5. The van der Waals surface area contributed by atoms with Crippen molar-refractivity contribution in [3.05, 3.63) is 23.2 Å². The van der Waals surface area contributed by atoms with E-state index in [1.807, 2.05) is 0 Å². The minimum atomic E-state index is 0.0515. The molecule has 4 heteroatoms. The predicted molar refractivity (Wildman–Crippen MR) is 59.4 cm³/mol. The van der Waals surface area contributed by atoms with Gasteiger partial charge in [-0.05, 0) is 31.0 Å². The van der Waals surface area contributed by atoms with Crippen LogP contribution in [-0.2, 0) is 4.79 Å². The minimum absolute atomic E-state index is 0.0515. The SMILES string of the molecule is COc1ccc(Cl)cc1NC(=O)C1CC1. The molecule has 1 N–H and O–H groups in total. The lowest BCUT2D eigenvalue weighted by Gasteiger charge is -2.09. The van der Waals surface area contributed by atoms with Crippen LogP contribution in [0.4, 0.5) is 5.69 Å². The summed E-state index contributed by atoms with van der Waals surface area (Å²) in [6.45, 7) is 0. The summed E-state index contributed by atoms with van der Waals surface area (Å²) in [4.78, 5) is 11.5. The standard InChI is InChI=1S/C11H12ClNO2/c1-15-10-5-4-8(12)6-9(10)13-11(14)7-2-3-7/h4-7H,2-3H2,1H3,(H,13,14). The topological polar surface area (TPSA) is 38.3 Å². The highest BCUT2D eigenvalue weighted by atomic mass is 35.5. The number of ether oxygens (including phenoxy) is 1. The molecule has 1 fully saturated rings. The summed E-state index contributed by atoms with van der Waals surface area (Å²) < 4.78 is 5.13. The highest BCUT2D eigenvalue weighted by Crippen LogP contribution is 2.33. The molecule has 1 saturated carbocycles. The molecule has 0 bridgehead atoms. The van der Waals surface area contributed by atoms with Gasteiger partial charge in [-0.15, -0.1) is 0 Å². The lowest BCUT2D eigenvalue weighted by atomic mass is 10.2. The molecule has 15 heavy (non-hydrogen) atoms. The van der Waals surface area contributed by atoms with Crippen LogP contribution >= 0.6 is 11.6 Å². The largest absolute Gasteiger partial charge is 0.495 e. The Kier molecular flexibility index (Phi) is 2.82. The molecule has 0 aliphatic heterocycles. The average Bonchev–Trinajstić information content (AvgIpc) is 3.01. The van der Waals surface area contributed by atoms with Crippen molar-refractivity contribution in [1.29, 1.82) is 0 Å². The van der Waals surface area contributed by atoms with Crippen molar-refractivity contribution in [3.8, 4) is 5.75 Å². The molecule has 1 aliphatic carbocycles. The van der Waals surface area contributed by atoms with Gasteiger partial charge in [0.25, 0.3) is 0 Å². The van der Waals surface area contributed by atoms with E-state index in [0.29, 0.717) is 16.5 Å². The number of carbonyl (C=O) groups excluding carboxylic acids is 1. The molecule has 1 aromatic rings. The maximum Gasteiger partial charge on any atom is 0.227 e. The minimum Gasteiger partial charge on any atom is -0.495 e. The van der Waals surface area contributed by atoms with Gasteiger partial charge in [-0.1, -0.05) is 11.6 Å². The van der Waals surface area contributed by atoms with E-state index in [9.17, 15) is 4.79 Å². The normalized spacial score (nSPS) is 14.8. The molecule has 0 spiro atoms. The molecular formula is C11H12ClNO2. The van der Waals surface area contributed by atoms with Gasteiger partial charge in [0.15, 0.2) is 0 Å². The Morgan fingerprint density at radius 1 is 1.53 bits per heavy atom. The summed E-state index contributed by atoms with van der Waals surface area (Å²) in [5, 5.41) is 3.40. The first kappa shape index (κ1) is 10.3. The third-order valence-electron chi connectivity index (χ3n) is 2.37. The van der Waals surface area contributed by atoms with Gasteiger partial charge in [0.05, 0.1) is 12.8 Å². The van der Waals surface area contributed by atoms with Crippen molar-refractivity contribution >= 4 is 23.2 Å². The number of halogens is 1. The van der Waals surface area contributed by atoms with Crippen LogP contribution in [0.5, 0.6) is 5.75 Å². The van der Waals surface area contributed by atoms with Gasteiger partial charge in [0.1, 0.15) is 5.75 Å². The van der Waals surface area contributed by atoms with E-state index in [-0.39, 0.29) is 11.8 Å². The first-order valence-electron chi connectivity index (χ1n) is 4.85. The van der Waals surface area contributed by atoms with Crippen LogP contribution in [0.25, 0.3) is 0 Å². The van der Waals surface area contributed by atoms with E-state index in [1.165, 1.54) is 0 Å². The molecule has 1 amide bonds. The van der Waals surface area contributed by atoms with Crippen LogP contribution in [0.15, 0.2) is 18.2 Å². The molecule has 0 heterocycles. The van der Waals surface area contributed by atoms with Crippen molar-refractivity contribution in [2.24, 2.45) is 5.92 Å². The summed E-state index contributed by atoms with van der Waals surface area (Å²) in [5.74, 6) is 0.859. The second-order valence-electron chi connectivity index (χ2n) is 3.61. The monoisotopic (exact) mass is 225 g/mol. The number of benzene rings is 1. The summed E-state index contributed by atoms with van der Waals surface area (Å²) >= 11 is 5.85. The number of rotatable bonds is 3. The zero-order valence-corrected chi connectivity index (χ0v) is 9.17. The molecule has 0 unspecified atom stereocenters. The Balaban J connectivity index is 2.17. The Hall–Kier alpha value is -1.22. The van der Waals surface area contributed by atoms with E-state index in [2.05, 4.69) is 5.32 Å². The van der Waals surface area contributed by atoms with E-state index < -0.39 is 0 Å². The first-order valence-corrected chi connectivity index (χ1v) is 5.23. The second-order valence-corrected chi connectivity index (χ2v) is 4.04. The Labute approximate surface area is 93.4 Å². The number of amides is 1. The molecule has 1 aromatic carbocycles. The van der Waals surface area contributed by atoms with E-state index >= 15 is 0 Å². The molecule has 2 rings (SSSR count). The van der Waals surface area contributed by atoms with Crippen molar-refractivity contribution in [1.82, 2.24) is 0 Å². The maximum absolute atomic E-state index is 11.5. The van der Waals surface area contributed by atoms with Crippen molar-refractivity contribution in [2.75, 3.05) is 12.4 Å². The number of methoxy groups -OCH3 is 1. The molecule has 3 nitrogen and oxygen atoms in total. The van der Waals surface area contributed by atoms with Crippen LogP contribution in [-0.4, -0.2) is 13.0 Å². The van der Waals surface area contributed by atoms with E-state index in [4.69, 9.17) is 16.3 Å². The molecule has 0 aromatic heterocycles. The van der Waals surface area contributed by atoms with E-state index in [1.54, 1.807) is 25.3 Å². The number of nitrogens with one attached hydrogen (secondary N) is 1. The van der Waals surface area contributed by atoms with Gasteiger partial charge in [-0.25, -0.2) is 0 Å². The van der Waals surface area contributed by atoms with E-state index in [0.717, 1.165) is 12.8 Å². The van der Waals surface area contributed by atoms with Crippen molar-refractivity contribution in [3.63, 3.8) is 0 Å². The van der Waals surface area contributed by atoms with Gasteiger partial charge in [-0.3, -0.25) is 4.79 Å². The summed E-state index contributed by atoms with van der Waals surface area (Å²) in [6.07, 6.45) is 1.96. The van der Waals surface area contributed by atoms with Crippen LogP contribution in [0.2, 0.25) is 5.02 Å². The summed E-state index contributed by atoms with van der Waals surface area (Å²) in [5.41, 5.74) is 0.641. The van der Waals surface area contributed by atoms with Gasteiger partial charge in [0.2, 0.25) is 5.91 Å². The molecule has 80 valence electrons. The van der Waals surface area contributed by atoms with Crippen LogP contribution in [0, 0.1) is 5.92 Å². The fraction of sp³-hybridized carbons (Fsp3) is 0.364. The van der Waals surface area contributed by atoms with Gasteiger partial charge >= 0.3 is 0 Å². The fourth-order valence-electron chi connectivity index (χ4n) is 1.36. The van der Waals surface area contributed by atoms with Crippen LogP contribution in [0.1, 0.15) is 12.8 Å². The van der Waals surface area contributed by atoms with Gasteiger partial charge in [0, 0.05) is 10.9 Å². The summed E-state index contributed by atoms with van der Waals surface area (Å²) in [7, 11) is 1.57. The Morgan fingerprint density at radius 3 is 2.87 bits per heavy atom. The molecule has 0 atom stereocenters. The van der Waals surface area contributed by atoms with Gasteiger partial charge in [-0.2, -0.15) is 0 Å². The van der Waals surface area contributed by atoms with Crippen LogP contribution < -0.4 is 10.1 Å². The molecule has 0 radical (unpaired) electrons. The number of carbonyl (C=O) groups is 1. The highest BCUT2D eigenvalue weighted by Gasteiger charge is 2.30. The summed E-state index contributed by atoms with van der Waals surface area (Å²) in [6, 6.07) is 5.17. The third kappa shape index (κ3) is 2.42. The van der Waals surface area contributed by atoms with Crippen molar-refractivity contribution in [2.45, 2.75) is 12.8 Å². The quantitative estimate of drug-likeness (QED) is 0.859. The highest BCUT2D eigenvalue weighted by molar-refractivity contribution is 6.31. The lowest BCUT2D eigenvalue weighted by Crippen LogP contribution is -2.13. The lowest BCUT2D eigenvalue weighted by molar-refractivity contribution is -0.117. The second kappa shape index (κ2) is 4.11. The molecule has 0 saturated heterocycles. The number of hydrogen-bond acceptors (Lipinski definition) is 2. The Bertz CT molecular complexity index is 388. The smallest absolute Gasteiger partial charge is 0.227 e. The van der Waals surface area contributed by atoms with Crippen molar-refractivity contribution < 1.29 is 9.53 Å². The number of hydrogen-bond donors (Lipinski definition) is 1. The van der Waals surface area contributed by atoms with Crippen LogP contribution in [0.3, 0.4) is 0 Å². The zero-order chi connectivity index (χ0) is 10.8. The zero-order valence-electron chi connectivity index (χ0n) is 8.42. The van der Waals surface area contributed by atoms with Gasteiger partial charge < -0.3 is 10.1 Å². The third-order valence-corrected chi connectivity index (χ3v) is 2.60. The number of anilines is 1. The predicted octanol–water partition coefficient (Wildman–Crippen LogP) is 2.70. The Morgan fingerprint density at radius 2 is 2.27 bits per heavy atom.